The minimum Gasteiger partial charge on any atom is -0.480 e. The smallest absolute Gasteiger partial charge is 0.321 e. The van der Waals surface area contributed by atoms with Gasteiger partial charge >= 0.3 is 5.97 Å². The third kappa shape index (κ3) is 5.41. The number of carbonyl (C=O) groups is 1. The van der Waals surface area contributed by atoms with Gasteiger partial charge in [-0.15, -0.1) is 0 Å². The monoisotopic (exact) mass is 338 g/mol. The third-order valence-corrected chi connectivity index (χ3v) is 4.77. The SMILES string of the molecule is O=C(O)[C@H](Cc1ccccc1)NC1CCCN(Cc2ccccc2)C1. The van der Waals surface area contributed by atoms with Gasteiger partial charge in [0.2, 0.25) is 0 Å². The van der Waals surface area contributed by atoms with Gasteiger partial charge in [0.1, 0.15) is 6.04 Å². The fourth-order valence-electron chi connectivity index (χ4n) is 3.53. The predicted octanol–water partition coefficient (Wildman–Crippen LogP) is 2.94. The molecule has 0 spiro atoms. The summed E-state index contributed by atoms with van der Waals surface area (Å²) in [5.74, 6) is -0.774. The molecule has 4 nitrogen and oxygen atoms in total. The maximum atomic E-state index is 11.7. The first kappa shape index (κ1) is 17.6. The summed E-state index contributed by atoms with van der Waals surface area (Å²) >= 11 is 0. The number of hydrogen-bond acceptors (Lipinski definition) is 3. The largest absolute Gasteiger partial charge is 0.480 e. The Hall–Kier alpha value is -2.17. The van der Waals surface area contributed by atoms with Crippen LogP contribution in [0, 0.1) is 0 Å². The topological polar surface area (TPSA) is 52.6 Å². The summed E-state index contributed by atoms with van der Waals surface area (Å²) in [5, 5.41) is 13.0. The molecule has 1 heterocycles. The zero-order chi connectivity index (χ0) is 17.5. The standard InChI is InChI=1S/C21H26N2O2/c24-21(25)20(14-17-8-3-1-4-9-17)22-19-12-7-13-23(16-19)15-18-10-5-2-6-11-18/h1-6,8-11,19-20,22H,7,12-16H2,(H,24,25)/t19?,20-/m0/s1. The average Bonchev–Trinajstić information content (AvgIpc) is 2.63. The van der Waals surface area contributed by atoms with Crippen molar-refractivity contribution in [3.63, 3.8) is 0 Å². The van der Waals surface area contributed by atoms with E-state index in [1.54, 1.807) is 0 Å². The summed E-state index contributed by atoms with van der Waals surface area (Å²) in [4.78, 5) is 14.1. The maximum absolute atomic E-state index is 11.7. The van der Waals surface area contributed by atoms with Gasteiger partial charge in [-0.25, -0.2) is 0 Å². The van der Waals surface area contributed by atoms with Gasteiger partial charge in [0.25, 0.3) is 0 Å². The van der Waals surface area contributed by atoms with Crippen LogP contribution in [0.3, 0.4) is 0 Å². The molecule has 0 aliphatic carbocycles. The van der Waals surface area contributed by atoms with Gasteiger partial charge < -0.3 is 10.4 Å². The number of aliphatic carboxylic acids is 1. The molecule has 4 heteroatoms. The second-order valence-corrected chi connectivity index (χ2v) is 6.81. The molecule has 1 fully saturated rings. The van der Waals surface area contributed by atoms with E-state index in [1.165, 1.54) is 5.56 Å². The van der Waals surface area contributed by atoms with Gasteiger partial charge in [-0.05, 0) is 36.9 Å². The van der Waals surface area contributed by atoms with Gasteiger partial charge in [-0.3, -0.25) is 9.69 Å². The first-order chi connectivity index (χ1) is 12.2. The highest BCUT2D eigenvalue weighted by Crippen LogP contribution is 2.15. The van der Waals surface area contributed by atoms with E-state index in [1.807, 2.05) is 36.4 Å². The van der Waals surface area contributed by atoms with E-state index < -0.39 is 12.0 Å². The molecular formula is C21H26N2O2. The summed E-state index contributed by atoms with van der Waals surface area (Å²) in [6, 6.07) is 20.0. The molecule has 2 atom stereocenters. The zero-order valence-electron chi connectivity index (χ0n) is 14.5. The molecule has 25 heavy (non-hydrogen) atoms. The first-order valence-corrected chi connectivity index (χ1v) is 9.00. The molecule has 0 bridgehead atoms. The summed E-state index contributed by atoms with van der Waals surface area (Å²) in [6.45, 7) is 2.90. The van der Waals surface area contributed by atoms with Crippen molar-refractivity contribution in [3.8, 4) is 0 Å². The van der Waals surface area contributed by atoms with Crippen LogP contribution in [0.15, 0.2) is 60.7 Å². The number of carboxylic acids is 1. The second-order valence-electron chi connectivity index (χ2n) is 6.81. The molecule has 1 aliphatic heterocycles. The van der Waals surface area contributed by atoms with Crippen LogP contribution in [0.4, 0.5) is 0 Å². The van der Waals surface area contributed by atoms with Crippen molar-refractivity contribution in [1.29, 1.82) is 0 Å². The van der Waals surface area contributed by atoms with Gasteiger partial charge in [-0.1, -0.05) is 60.7 Å². The Morgan fingerprint density at radius 2 is 1.72 bits per heavy atom. The second kappa shape index (κ2) is 8.79. The number of nitrogens with zero attached hydrogens (tertiary/aromatic N) is 1. The van der Waals surface area contributed by atoms with Gasteiger partial charge in [0.05, 0.1) is 0 Å². The van der Waals surface area contributed by atoms with E-state index in [9.17, 15) is 9.90 Å². The van der Waals surface area contributed by atoms with E-state index >= 15 is 0 Å². The van der Waals surface area contributed by atoms with Crippen molar-refractivity contribution >= 4 is 5.97 Å². The van der Waals surface area contributed by atoms with Crippen LogP contribution in [0.2, 0.25) is 0 Å². The molecule has 0 aromatic heterocycles. The Bertz CT molecular complexity index is 660. The quantitative estimate of drug-likeness (QED) is 0.815. The summed E-state index contributed by atoms with van der Waals surface area (Å²) < 4.78 is 0. The number of likely N-dealkylation sites (tertiary alicyclic amines) is 1. The molecule has 0 saturated carbocycles. The van der Waals surface area contributed by atoms with Crippen molar-refractivity contribution in [2.75, 3.05) is 13.1 Å². The summed E-state index contributed by atoms with van der Waals surface area (Å²) in [7, 11) is 0. The van der Waals surface area contributed by atoms with Crippen LogP contribution in [0.1, 0.15) is 24.0 Å². The fraction of sp³-hybridized carbons (Fsp3) is 0.381. The van der Waals surface area contributed by atoms with Crippen LogP contribution < -0.4 is 5.32 Å². The van der Waals surface area contributed by atoms with Crippen LogP contribution in [-0.2, 0) is 17.8 Å². The lowest BCUT2D eigenvalue weighted by atomic mass is 10.0. The lowest BCUT2D eigenvalue weighted by molar-refractivity contribution is -0.139. The maximum Gasteiger partial charge on any atom is 0.321 e. The number of rotatable bonds is 7. The number of nitrogens with one attached hydrogen (secondary N) is 1. The first-order valence-electron chi connectivity index (χ1n) is 9.00. The molecule has 1 saturated heterocycles. The summed E-state index contributed by atoms with van der Waals surface area (Å²) in [5.41, 5.74) is 2.36. The minimum atomic E-state index is -0.774. The Labute approximate surface area is 149 Å². The van der Waals surface area contributed by atoms with Crippen LogP contribution in [-0.4, -0.2) is 41.1 Å². The molecule has 2 aromatic rings. The molecular weight excluding hydrogens is 312 g/mol. The molecule has 0 amide bonds. The van der Waals surface area contributed by atoms with E-state index in [0.717, 1.165) is 38.0 Å². The Morgan fingerprint density at radius 1 is 1.08 bits per heavy atom. The van der Waals surface area contributed by atoms with Crippen molar-refractivity contribution < 1.29 is 9.90 Å². The van der Waals surface area contributed by atoms with Crippen molar-refractivity contribution in [2.45, 2.75) is 37.9 Å². The molecule has 2 aromatic carbocycles. The van der Waals surface area contributed by atoms with E-state index in [0.29, 0.717) is 6.42 Å². The van der Waals surface area contributed by atoms with Crippen LogP contribution in [0.25, 0.3) is 0 Å². The van der Waals surface area contributed by atoms with Crippen molar-refractivity contribution in [3.05, 3.63) is 71.8 Å². The molecule has 0 radical (unpaired) electrons. The lowest BCUT2D eigenvalue weighted by Crippen LogP contribution is -2.51. The lowest BCUT2D eigenvalue weighted by Gasteiger charge is -2.34. The van der Waals surface area contributed by atoms with Crippen LogP contribution >= 0.6 is 0 Å². The van der Waals surface area contributed by atoms with Crippen LogP contribution in [0.5, 0.6) is 0 Å². The van der Waals surface area contributed by atoms with Crippen molar-refractivity contribution in [1.82, 2.24) is 10.2 Å². The third-order valence-electron chi connectivity index (χ3n) is 4.77. The number of benzene rings is 2. The molecule has 132 valence electrons. The Balaban J connectivity index is 1.57. The number of piperidine rings is 1. The molecule has 1 aliphatic rings. The predicted molar refractivity (Wildman–Crippen MR) is 99.4 cm³/mol. The Kier molecular flexibility index (Phi) is 6.20. The molecule has 1 unspecified atom stereocenters. The average molecular weight is 338 g/mol. The zero-order valence-corrected chi connectivity index (χ0v) is 14.5. The highest BCUT2D eigenvalue weighted by molar-refractivity contribution is 5.74. The highest BCUT2D eigenvalue weighted by atomic mass is 16.4. The van der Waals surface area contributed by atoms with Gasteiger partial charge in [0.15, 0.2) is 0 Å². The van der Waals surface area contributed by atoms with E-state index in [-0.39, 0.29) is 6.04 Å². The normalized spacial score (nSPS) is 19.4. The van der Waals surface area contributed by atoms with Crippen molar-refractivity contribution in [2.24, 2.45) is 0 Å². The summed E-state index contributed by atoms with van der Waals surface area (Å²) in [6.07, 6.45) is 2.65. The van der Waals surface area contributed by atoms with Gasteiger partial charge in [-0.2, -0.15) is 0 Å². The fourth-order valence-corrected chi connectivity index (χ4v) is 3.53. The number of carboxylic acid groups (broad SMARTS) is 1. The molecule has 3 rings (SSSR count). The van der Waals surface area contributed by atoms with E-state index in [4.69, 9.17) is 0 Å². The van der Waals surface area contributed by atoms with E-state index in [2.05, 4.69) is 34.5 Å². The number of hydrogen-bond donors (Lipinski definition) is 2. The Morgan fingerprint density at radius 3 is 2.36 bits per heavy atom. The minimum absolute atomic E-state index is 0.224. The highest BCUT2D eigenvalue weighted by Gasteiger charge is 2.25. The molecule has 2 N–H and O–H groups in total. The van der Waals surface area contributed by atoms with Gasteiger partial charge in [0, 0.05) is 19.1 Å².